The molecule has 0 saturated carbocycles. The fourth-order valence-electron chi connectivity index (χ4n) is 2.74. The number of alkyl halides is 39. The minimum atomic E-state index is -8.29. The van der Waals surface area contributed by atoms with E-state index in [4.69, 9.17) is 0 Å². The zero-order chi connectivity index (χ0) is 58.5. The first-order chi connectivity index (χ1) is 28.5. The first-order valence-electron chi connectivity index (χ1n) is 13.2. The van der Waals surface area contributed by atoms with Crippen LogP contribution in [0.4, 0.5) is 171 Å². The third kappa shape index (κ3) is 10.7. The maximum absolute atomic E-state index is 12.7. The molecule has 0 heterocycles. The van der Waals surface area contributed by atoms with E-state index in [1.807, 2.05) is 0 Å². The van der Waals surface area contributed by atoms with Crippen LogP contribution in [0.15, 0.2) is 0 Å². The molecular formula is C18AlF39O9S3. The Balaban J connectivity index is -0.000000463. The van der Waals surface area contributed by atoms with E-state index in [1.165, 1.54) is 0 Å². The predicted molar refractivity (Wildman–Crippen MR) is 127 cm³/mol. The van der Waals surface area contributed by atoms with Crippen LogP contribution in [0.25, 0.3) is 0 Å². The zero-order valence-corrected chi connectivity index (χ0v) is 32.8. The van der Waals surface area contributed by atoms with Crippen molar-refractivity contribution in [3.63, 3.8) is 0 Å². The smallest absolute Gasteiger partial charge is 0.743 e. The van der Waals surface area contributed by atoms with Crippen molar-refractivity contribution >= 4 is 47.7 Å². The molecule has 0 aliphatic heterocycles. The van der Waals surface area contributed by atoms with Crippen LogP contribution in [-0.4, -0.2) is 162 Å². The normalized spacial score (nSPS) is 16.4. The number of halogens is 39. The van der Waals surface area contributed by atoms with Gasteiger partial charge in [0.25, 0.3) is 0 Å². The standard InChI is InChI=1S/3C6HF13O3S.Al/c3*7-1(8,3(11,12)5(15,16)17)2(9,10)4(13,14)6(18,19)23(20,21)22;/h3*(H,20,21,22);/q;;;+3/p-3. The summed E-state index contributed by atoms with van der Waals surface area (Å²) in [7, 11) is -23.6. The van der Waals surface area contributed by atoms with Gasteiger partial charge in [-0.05, 0) is 0 Å². The second-order valence-electron chi connectivity index (χ2n) is 11.3. The molecule has 0 saturated heterocycles. The fraction of sp³-hybridized carbons (Fsp3) is 1.00. The molecule has 0 rings (SSSR count). The van der Waals surface area contributed by atoms with Gasteiger partial charge < -0.3 is 13.7 Å². The van der Waals surface area contributed by atoms with Crippen LogP contribution >= 0.6 is 0 Å². The van der Waals surface area contributed by atoms with Gasteiger partial charge in [0.1, 0.15) is 0 Å². The molecule has 0 amide bonds. The van der Waals surface area contributed by atoms with Crippen molar-refractivity contribution in [1.29, 1.82) is 0 Å². The Morgan fingerprint density at radius 1 is 0.186 bits per heavy atom. The van der Waals surface area contributed by atoms with E-state index in [9.17, 15) is 210 Å². The Bertz CT molecular complexity index is 1930. The second kappa shape index (κ2) is 18.7. The SMILES string of the molecule is O=S(=O)([O-])C(F)(F)C(F)(F)C(F)(F)C(F)(F)C(F)(F)C(F)(F)F.O=S(=O)([O-])C(F)(F)C(F)(F)C(F)(F)C(F)(F)C(F)(F)C(F)(F)F.O=S(=O)([O-])C(F)(F)C(F)(F)C(F)(F)C(F)(F)C(F)(F)C(F)(F)F.[Al+3]. The van der Waals surface area contributed by atoms with Crippen LogP contribution in [-0.2, 0) is 30.4 Å². The quantitative estimate of drug-likeness (QED) is 0.0881. The molecule has 0 radical (unpaired) electrons. The molecule has 0 bridgehead atoms. The summed E-state index contributed by atoms with van der Waals surface area (Å²) in [4.78, 5) is 0. The molecule has 0 fully saturated rings. The van der Waals surface area contributed by atoms with Crippen LogP contribution in [0.3, 0.4) is 0 Å². The summed E-state index contributed by atoms with van der Waals surface area (Å²) < 4.78 is 567. The van der Waals surface area contributed by atoms with Gasteiger partial charge in [-0.3, -0.25) is 0 Å². The molecule has 420 valence electrons. The van der Waals surface area contributed by atoms with E-state index in [2.05, 4.69) is 0 Å². The van der Waals surface area contributed by atoms with Gasteiger partial charge in [0, 0.05) is 0 Å². The molecule has 0 unspecified atom stereocenters. The molecule has 0 aromatic carbocycles. The molecule has 0 N–H and O–H groups in total. The van der Waals surface area contributed by atoms with Crippen LogP contribution in [0.2, 0.25) is 0 Å². The minimum absolute atomic E-state index is 0. The average molecular weight is 1220 g/mol. The Kier molecular flexibility index (Phi) is 19.8. The third-order valence-corrected chi connectivity index (χ3v) is 9.31. The predicted octanol–water partition coefficient (Wildman–Crippen LogP) is 9.30. The van der Waals surface area contributed by atoms with Crippen molar-refractivity contribution in [2.75, 3.05) is 0 Å². The molecular weight excluding hydrogens is 1220 g/mol. The van der Waals surface area contributed by atoms with Gasteiger partial charge in [0.15, 0.2) is 30.4 Å². The van der Waals surface area contributed by atoms with Gasteiger partial charge in [0.2, 0.25) is 0 Å². The molecule has 0 aromatic rings. The summed E-state index contributed by atoms with van der Waals surface area (Å²) in [6.07, 6.45) is -22.8. The summed E-state index contributed by atoms with van der Waals surface area (Å²) >= 11 is 0. The van der Waals surface area contributed by atoms with Gasteiger partial charge in [-0.15, -0.1) is 0 Å². The second-order valence-corrected chi connectivity index (χ2v) is 15.6. The van der Waals surface area contributed by atoms with Crippen LogP contribution < -0.4 is 0 Å². The number of rotatable bonds is 15. The van der Waals surface area contributed by atoms with Crippen LogP contribution in [0.5, 0.6) is 0 Å². The molecule has 0 aromatic heterocycles. The van der Waals surface area contributed by atoms with Crippen molar-refractivity contribution in [2.45, 2.75) is 105 Å². The largest absolute Gasteiger partial charge is 3.00 e. The van der Waals surface area contributed by atoms with Gasteiger partial charge in [-0.1, -0.05) is 0 Å². The van der Waals surface area contributed by atoms with Crippen molar-refractivity contribution in [3.05, 3.63) is 0 Å². The zero-order valence-electron chi connectivity index (χ0n) is 29.2. The molecule has 0 aliphatic rings. The van der Waals surface area contributed by atoms with Gasteiger partial charge in [-0.2, -0.15) is 171 Å². The Hall–Kier alpha value is -2.47. The Labute approximate surface area is 363 Å². The van der Waals surface area contributed by atoms with Gasteiger partial charge >= 0.3 is 123 Å². The topological polar surface area (TPSA) is 172 Å². The molecule has 0 atom stereocenters. The van der Waals surface area contributed by atoms with Crippen molar-refractivity contribution in [1.82, 2.24) is 0 Å². The van der Waals surface area contributed by atoms with E-state index in [0.717, 1.165) is 0 Å². The van der Waals surface area contributed by atoms with E-state index < -0.39 is 136 Å². The van der Waals surface area contributed by atoms with E-state index in [0.29, 0.717) is 0 Å². The Morgan fingerprint density at radius 2 is 0.271 bits per heavy atom. The fourth-order valence-corrected chi connectivity index (χ4v) is 4.06. The van der Waals surface area contributed by atoms with Crippen molar-refractivity contribution in [2.24, 2.45) is 0 Å². The average Bonchev–Trinajstić information content (AvgIpc) is 3.04. The van der Waals surface area contributed by atoms with Crippen LogP contribution in [0, 0.1) is 0 Å². The maximum atomic E-state index is 12.7. The minimum Gasteiger partial charge on any atom is -0.743 e. The van der Waals surface area contributed by atoms with Gasteiger partial charge in [0.05, 0.1) is 0 Å². The van der Waals surface area contributed by atoms with E-state index in [-0.39, 0.29) is 17.4 Å². The third-order valence-electron chi connectivity index (χ3n) is 6.66. The molecule has 0 spiro atoms. The summed E-state index contributed by atoms with van der Waals surface area (Å²) in [5, 5.41) is -22.9. The van der Waals surface area contributed by atoms with Gasteiger partial charge in [-0.25, -0.2) is 25.3 Å². The Morgan fingerprint density at radius 3 is 0.343 bits per heavy atom. The van der Waals surface area contributed by atoms with Crippen LogP contribution in [0.1, 0.15) is 0 Å². The monoisotopic (exact) mass is 1220 g/mol. The van der Waals surface area contributed by atoms with Crippen molar-refractivity contribution < 1.29 is 210 Å². The molecule has 9 nitrogen and oxygen atoms in total. The van der Waals surface area contributed by atoms with E-state index in [1.54, 1.807) is 0 Å². The molecule has 52 heteroatoms. The molecule has 0 aliphatic carbocycles. The number of hydrogen-bond donors (Lipinski definition) is 0. The molecule has 70 heavy (non-hydrogen) atoms. The van der Waals surface area contributed by atoms with Crippen molar-refractivity contribution in [3.8, 4) is 0 Å². The first kappa shape index (κ1) is 74.1. The first-order valence-corrected chi connectivity index (χ1v) is 17.5. The maximum Gasteiger partial charge on any atom is 3.00 e. The summed E-state index contributed by atoms with van der Waals surface area (Å²) in [5.74, 6) is -97.9. The summed E-state index contributed by atoms with van der Waals surface area (Å²) in [6, 6.07) is 0. The number of hydrogen-bond acceptors (Lipinski definition) is 9. The summed E-state index contributed by atoms with van der Waals surface area (Å²) in [6.45, 7) is 0. The van der Waals surface area contributed by atoms with E-state index >= 15 is 0 Å². The summed E-state index contributed by atoms with van der Waals surface area (Å²) in [5.41, 5.74) is 0.